The molecule has 1 aromatic carbocycles. The molecule has 0 aliphatic carbocycles. The Balaban J connectivity index is 1.43. The third kappa shape index (κ3) is 4.28. The van der Waals surface area contributed by atoms with Gasteiger partial charge in [-0.3, -0.25) is 14.5 Å². The van der Waals surface area contributed by atoms with E-state index in [2.05, 4.69) is 17.0 Å². The first-order chi connectivity index (χ1) is 13.2. The summed E-state index contributed by atoms with van der Waals surface area (Å²) in [5, 5.41) is 1.62. The highest BCUT2D eigenvalue weighted by atomic mass is 16.7. The van der Waals surface area contributed by atoms with Gasteiger partial charge in [-0.2, -0.15) is 0 Å². The summed E-state index contributed by atoms with van der Waals surface area (Å²) in [6.45, 7) is 4.83. The number of carbonyl (C=O) groups is 1. The Morgan fingerprint density at radius 3 is 2.96 bits per heavy atom. The van der Waals surface area contributed by atoms with E-state index in [4.69, 9.17) is 14.3 Å². The SMILES string of the molecule is COc1cccc(CN2CC[C@H]3OCC[C@@H](C(=O)N4CCCCO4)[C@@H]3C2)c1. The van der Waals surface area contributed by atoms with Crippen LogP contribution in [0.15, 0.2) is 24.3 Å². The van der Waals surface area contributed by atoms with Crippen molar-refractivity contribution in [3.8, 4) is 5.75 Å². The molecular formula is C21H30N2O4. The molecule has 3 aliphatic heterocycles. The van der Waals surface area contributed by atoms with Crippen LogP contribution in [0.2, 0.25) is 0 Å². The van der Waals surface area contributed by atoms with Crippen molar-refractivity contribution in [2.45, 2.75) is 38.3 Å². The molecule has 0 unspecified atom stereocenters. The van der Waals surface area contributed by atoms with Crippen LogP contribution >= 0.6 is 0 Å². The molecular weight excluding hydrogens is 344 g/mol. The van der Waals surface area contributed by atoms with Crippen molar-refractivity contribution < 1.29 is 19.1 Å². The zero-order valence-corrected chi connectivity index (χ0v) is 16.1. The highest BCUT2D eigenvalue weighted by Gasteiger charge is 2.43. The lowest BCUT2D eigenvalue weighted by Crippen LogP contribution is -2.54. The molecule has 4 rings (SSSR count). The molecule has 0 bridgehead atoms. The fraction of sp³-hybridized carbons (Fsp3) is 0.667. The predicted molar refractivity (Wildman–Crippen MR) is 101 cm³/mol. The van der Waals surface area contributed by atoms with Gasteiger partial charge >= 0.3 is 0 Å². The number of rotatable bonds is 4. The van der Waals surface area contributed by atoms with E-state index < -0.39 is 0 Å². The number of nitrogens with zero attached hydrogens (tertiary/aromatic N) is 2. The number of likely N-dealkylation sites (tertiary alicyclic amines) is 1. The first kappa shape index (κ1) is 18.7. The van der Waals surface area contributed by atoms with Crippen LogP contribution in [-0.4, -0.2) is 61.9 Å². The number of benzene rings is 1. The number of methoxy groups -OCH3 is 1. The van der Waals surface area contributed by atoms with Gasteiger partial charge in [-0.25, -0.2) is 5.06 Å². The molecule has 0 radical (unpaired) electrons. The summed E-state index contributed by atoms with van der Waals surface area (Å²) < 4.78 is 11.4. The molecule has 3 saturated heterocycles. The highest BCUT2D eigenvalue weighted by Crippen LogP contribution is 2.35. The number of fused-ring (bicyclic) bond motifs is 1. The maximum atomic E-state index is 13.1. The van der Waals surface area contributed by atoms with Gasteiger partial charge in [0.1, 0.15) is 5.75 Å². The summed E-state index contributed by atoms with van der Waals surface area (Å²) >= 11 is 0. The second kappa shape index (κ2) is 8.59. The zero-order chi connectivity index (χ0) is 18.6. The van der Waals surface area contributed by atoms with Crippen LogP contribution in [0.1, 0.15) is 31.2 Å². The van der Waals surface area contributed by atoms with E-state index in [1.165, 1.54) is 5.56 Å². The minimum atomic E-state index is 0.00922. The van der Waals surface area contributed by atoms with Crippen LogP contribution < -0.4 is 4.74 Å². The average molecular weight is 374 g/mol. The van der Waals surface area contributed by atoms with E-state index in [-0.39, 0.29) is 23.8 Å². The summed E-state index contributed by atoms with van der Waals surface area (Å²) in [5.41, 5.74) is 1.24. The summed E-state index contributed by atoms with van der Waals surface area (Å²) in [4.78, 5) is 21.1. The van der Waals surface area contributed by atoms with Gasteiger partial charge in [0.2, 0.25) is 5.91 Å². The van der Waals surface area contributed by atoms with Crippen molar-refractivity contribution in [2.24, 2.45) is 11.8 Å². The standard InChI is InChI=1S/C21H30N2O4/c1-25-17-6-4-5-16(13-17)14-22-10-7-20-19(15-22)18(8-12-26-20)21(24)23-9-2-3-11-27-23/h4-6,13,18-20H,2-3,7-12,14-15H2,1H3/t18-,19+,20-/m1/s1. The quantitative estimate of drug-likeness (QED) is 0.810. The third-order valence-electron chi connectivity index (χ3n) is 6.06. The van der Waals surface area contributed by atoms with E-state index in [9.17, 15) is 4.79 Å². The Bertz CT molecular complexity index is 647. The molecule has 6 heteroatoms. The number of amides is 1. The van der Waals surface area contributed by atoms with E-state index in [1.54, 1.807) is 12.2 Å². The molecule has 6 nitrogen and oxygen atoms in total. The molecule has 0 saturated carbocycles. The van der Waals surface area contributed by atoms with Crippen LogP contribution in [0.3, 0.4) is 0 Å². The van der Waals surface area contributed by atoms with Crippen molar-refractivity contribution >= 4 is 5.91 Å². The molecule has 3 aliphatic rings. The maximum absolute atomic E-state index is 13.1. The highest BCUT2D eigenvalue weighted by molar-refractivity contribution is 5.78. The van der Waals surface area contributed by atoms with Crippen molar-refractivity contribution in [1.82, 2.24) is 9.96 Å². The van der Waals surface area contributed by atoms with Crippen molar-refractivity contribution in [1.29, 1.82) is 0 Å². The molecule has 3 fully saturated rings. The molecule has 0 N–H and O–H groups in total. The van der Waals surface area contributed by atoms with Gasteiger partial charge in [-0.1, -0.05) is 12.1 Å². The number of hydrogen-bond donors (Lipinski definition) is 0. The molecule has 3 atom stereocenters. The van der Waals surface area contributed by atoms with Gasteiger partial charge in [0.05, 0.1) is 19.8 Å². The zero-order valence-electron chi connectivity index (χ0n) is 16.1. The Hall–Kier alpha value is -1.63. The minimum Gasteiger partial charge on any atom is -0.497 e. The molecule has 27 heavy (non-hydrogen) atoms. The summed E-state index contributed by atoms with van der Waals surface area (Å²) in [5.74, 6) is 1.31. The Morgan fingerprint density at radius 2 is 2.15 bits per heavy atom. The van der Waals surface area contributed by atoms with Gasteiger partial charge in [0, 0.05) is 44.6 Å². The maximum Gasteiger partial charge on any atom is 0.249 e. The predicted octanol–water partition coefficient (Wildman–Crippen LogP) is 2.48. The molecule has 1 aromatic rings. The van der Waals surface area contributed by atoms with Crippen LogP contribution in [0.5, 0.6) is 5.75 Å². The van der Waals surface area contributed by atoms with Gasteiger partial charge in [0.25, 0.3) is 0 Å². The van der Waals surface area contributed by atoms with Crippen LogP contribution in [0.25, 0.3) is 0 Å². The average Bonchev–Trinajstić information content (AvgIpc) is 2.73. The largest absolute Gasteiger partial charge is 0.497 e. The molecule has 1 amide bonds. The van der Waals surface area contributed by atoms with Crippen LogP contribution in [0.4, 0.5) is 0 Å². The van der Waals surface area contributed by atoms with Crippen molar-refractivity contribution in [3.63, 3.8) is 0 Å². The monoisotopic (exact) mass is 374 g/mol. The Labute approximate surface area is 161 Å². The summed E-state index contributed by atoms with van der Waals surface area (Å²) in [6.07, 6.45) is 4.05. The first-order valence-electron chi connectivity index (χ1n) is 10.2. The molecule has 0 aromatic heterocycles. The smallest absolute Gasteiger partial charge is 0.249 e. The van der Waals surface area contributed by atoms with E-state index >= 15 is 0 Å². The van der Waals surface area contributed by atoms with Gasteiger partial charge in [-0.15, -0.1) is 0 Å². The summed E-state index contributed by atoms with van der Waals surface area (Å²) in [6, 6.07) is 8.23. The van der Waals surface area contributed by atoms with Crippen molar-refractivity contribution in [3.05, 3.63) is 29.8 Å². The van der Waals surface area contributed by atoms with Crippen LogP contribution in [-0.2, 0) is 20.9 Å². The van der Waals surface area contributed by atoms with Crippen LogP contribution in [0, 0.1) is 11.8 Å². The second-order valence-corrected chi connectivity index (χ2v) is 7.82. The van der Waals surface area contributed by atoms with Gasteiger partial charge in [0.15, 0.2) is 0 Å². The lowest BCUT2D eigenvalue weighted by molar-refractivity contribution is -0.209. The van der Waals surface area contributed by atoms with E-state index in [1.807, 2.05) is 12.1 Å². The molecule has 3 heterocycles. The third-order valence-corrected chi connectivity index (χ3v) is 6.06. The number of carbonyl (C=O) groups excluding carboxylic acids is 1. The number of piperidine rings is 1. The number of ether oxygens (including phenoxy) is 2. The lowest BCUT2D eigenvalue weighted by atomic mass is 9.78. The topological polar surface area (TPSA) is 51.2 Å². The van der Waals surface area contributed by atoms with E-state index in [0.717, 1.165) is 57.6 Å². The normalized spacial score (nSPS) is 29.2. The number of hydroxylamine groups is 2. The molecule has 148 valence electrons. The van der Waals surface area contributed by atoms with Gasteiger partial charge < -0.3 is 9.47 Å². The Kier molecular flexibility index (Phi) is 5.95. The fourth-order valence-electron chi connectivity index (χ4n) is 4.62. The number of hydrogen-bond acceptors (Lipinski definition) is 5. The second-order valence-electron chi connectivity index (χ2n) is 7.82. The Morgan fingerprint density at radius 1 is 1.22 bits per heavy atom. The fourth-order valence-corrected chi connectivity index (χ4v) is 4.62. The molecule has 0 spiro atoms. The van der Waals surface area contributed by atoms with Crippen molar-refractivity contribution in [2.75, 3.05) is 40.0 Å². The summed E-state index contributed by atoms with van der Waals surface area (Å²) in [7, 11) is 1.70. The van der Waals surface area contributed by atoms with E-state index in [0.29, 0.717) is 13.2 Å². The first-order valence-corrected chi connectivity index (χ1v) is 10.2. The lowest BCUT2D eigenvalue weighted by Gasteiger charge is -2.45. The van der Waals surface area contributed by atoms with Gasteiger partial charge in [-0.05, 0) is 43.4 Å². The minimum absolute atomic E-state index is 0.00922.